The van der Waals surface area contributed by atoms with E-state index in [0.29, 0.717) is 16.8 Å². The summed E-state index contributed by atoms with van der Waals surface area (Å²) in [4.78, 5) is 4.15. The van der Waals surface area contributed by atoms with Gasteiger partial charge in [0.15, 0.2) is 15.8 Å². The quantitative estimate of drug-likeness (QED) is 0.277. The standard InChI is InChI=1S/C13H25F3N4O4S2.HI/c1-3-17-12(18-7-10-25(21,22)4-2)19-11-5-8-20(9-6-11)26(23,24)13(14,15)16;/h11H,3-10H2,1-2H3,(H2,17,18,19);1H. The Kier molecular flexibility index (Phi) is 10.9. The lowest BCUT2D eigenvalue weighted by molar-refractivity contribution is -0.0494. The van der Waals surface area contributed by atoms with E-state index in [2.05, 4.69) is 15.6 Å². The molecular formula is C13H26F3IN4O4S2. The highest BCUT2D eigenvalue weighted by molar-refractivity contribution is 14.0. The number of piperidine rings is 1. The fourth-order valence-corrected chi connectivity index (χ4v) is 3.98. The Morgan fingerprint density at radius 3 is 2.15 bits per heavy atom. The van der Waals surface area contributed by atoms with Crippen molar-refractivity contribution in [2.45, 2.75) is 38.2 Å². The maximum absolute atomic E-state index is 12.6. The molecular weight excluding hydrogens is 524 g/mol. The van der Waals surface area contributed by atoms with Gasteiger partial charge in [-0.3, -0.25) is 4.99 Å². The first kappa shape index (κ1) is 26.6. The maximum atomic E-state index is 12.6. The third-order valence-electron chi connectivity index (χ3n) is 3.88. The Balaban J connectivity index is 0.00000676. The van der Waals surface area contributed by atoms with Crippen molar-refractivity contribution in [1.29, 1.82) is 0 Å². The molecule has 1 heterocycles. The molecule has 162 valence electrons. The largest absolute Gasteiger partial charge is 0.511 e. The highest BCUT2D eigenvalue weighted by atomic mass is 127. The number of guanidine groups is 1. The minimum atomic E-state index is -5.30. The van der Waals surface area contributed by atoms with Crippen LogP contribution in [-0.2, 0) is 19.9 Å². The Hall–Kier alpha value is -0.350. The molecule has 0 radical (unpaired) electrons. The molecule has 2 N–H and O–H groups in total. The molecule has 0 aromatic carbocycles. The second-order valence-electron chi connectivity index (χ2n) is 5.77. The zero-order chi connectivity index (χ0) is 20.0. The maximum Gasteiger partial charge on any atom is 0.511 e. The monoisotopic (exact) mass is 550 g/mol. The zero-order valence-corrected chi connectivity index (χ0v) is 19.1. The molecule has 0 aromatic rings. The van der Waals surface area contributed by atoms with Crippen molar-refractivity contribution >= 4 is 49.8 Å². The van der Waals surface area contributed by atoms with Gasteiger partial charge in [-0.2, -0.15) is 17.5 Å². The van der Waals surface area contributed by atoms with E-state index in [9.17, 15) is 30.0 Å². The second-order valence-corrected chi connectivity index (χ2v) is 10.2. The number of halogens is 4. The molecule has 0 saturated carbocycles. The van der Waals surface area contributed by atoms with Gasteiger partial charge in [0.1, 0.15) is 0 Å². The van der Waals surface area contributed by atoms with E-state index in [-0.39, 0.29) is 74.0 Å². The lowest BCUT2D eigenvalue weighted by Crippen LogP contribution is -2.51. The lowest BCUT2D eigenvalue weighted by atomic mass is 10.1. The highest BCUT2D eigenvalue weighted by Gasteiger charge is 2.50. The van der Waals surface area contributed by atoms with Gasteiger partial charge in [0.2, 0.25) is 0 Å². The normalized spacial score (nSPS) is 18.0. The molecule has 0 aromatic heterocycles. The highest BCUT2D eigenvalue weighted by Crippen LogP contribution is 2.28. The summed E-state index contributed by atoms with van der Waals surface area (Å²) in [5.41, 5.74) is -5.30. The molecule has 0 amide bonds. The molecule has 0 aliphatic carbocycles. The summed E-state index contributed by atoms with van der Waals surface area (Å²) in [5.74, 6) is 0.289. The van der Waals surface area contributed by atoms with E-state index < -0.39 is 25.4 Å². The van der Waals surface area contributed by atoms with Crippen LogP contribution in [0, 0.1) is 0 Å². The van der Waals surface area contributed by atoms with Crippen LogP contribution in [0.1, 0.15) is 26.7 Å². The molecule has 1 rings (SSSR count). The average Bonchev–Trinajstić information content (AvgIpc) is 2.54. The van der Waals surface area contributed by atoms with Gasteiger partial charge in [-0.05, 0) is 19.8 Å². The van der Waals surface area contributed by atoms with Crippen molar-refractivity contribution in [3.8, 4) is 0 Å². The Morgan fingerprint density at radius 2 is 1.70 bits per heavy atom. The molecule has 14 heteroatoms. The molecule has 1 fully saturated rings. The number of nitrogens with one attached hydrogen (secondary N) is 2. The van der Waals surface area contributed by atoms with Gasteiger partial charge in [0.25, 0.3) is 0 Å². The third-order valence-corrected chi connectivity index (χ3v) is 7.20. The van der Waals surface area contributed by atoms with Crippen molar-refractivity contribution in [2.75, 3.05) is 37.7 Å². The van der Waals surface area contributed by atoms with E-state index in [1.807, 2.05) is 6.92 Å². The van der Waals surface area contributed by atoms with Crippen LogP contribution in [0.2, 0.25) is 0 Å². The van der Waals surface area contributed by atoms with E-state index in [1.165, 1.54) is 0 Å². The number of rotatable bonds is 7. The lowest BCUT2D eigenvalue weighted by Gasteiger charge is -2.32. The predicted octanol–water partition coefficient (Wildman–Crippen LogP) is 0.908. The van der Waals surface area contributed by atoms with Crippen molar-refractivity contribution in [3.63, 3.8) is 0 Å². The van der Waals surface area contributed by atoms with Crippen molar-refractivity contribution in [3.05, 3.63) is 0 Å². The zero-order valence-electron chi connectivity index (χ0n) is 15.1. The van der Waals surface area contributed by atoms with Gasteiger partial charge in [0, 0.05) is 31.4 Å². The summed E-state index contributed by atoms with van der Waals surface area (Å²) < 4.78 is 83.9. The summed E-state index contributed by atoms with van der Waals surface area (Å²) >= 11 is 0. The van der Waals surface area contributed by atoms with Crippen LogP contribution in [-0.4, -0.2) is 76.3 Å². The summed E-state index contributed by atoms with van der Waals surface area (Å²) in [6.07, 6.45) is 0.375. The molecule has 1 aliphatic rings. The molecule has 0 spiro atoms. The first-order valence-corrected chi connectivity index (χ1v) is 11.5. The number of nitrogens with zero attached hydrogens (tertiary/aromatic N) is 2. The summed E-state index contributed by atoms with van der Waals surface area (Å²) in [7, 11) is -8.45. The van der Waals surface area contributed by atoms with Gasteiger partial charge in [-0.1, -0.05) is 6.92 Å². The van der Waals surface area contributed by atoms with Crippen molar-refractivity contribution in [2.24, 2.45) is 4.99 Å². The molecule has 8 nitrogen and oxygen atoms in total. The molecule has 1 aliphatic heterocycles. The molecule has 0 unspecified atom stereocenters. The SMILES string of the molecule is CCNC(=NCCS(=O)(=O)CC)NC1CCN(S(=O)(=O)C(F)(F)F)CC1.I. The van der Waals surface area contributed by atoms with Gasteiger partial charge in [-0.25, -0.2) is 16.8 Å². The third kappa shape index (κ3) is 8.27. The Morgan fingerprint density at radius 1 is 1.15 bits per heavy atom. The second kappa shape index (κ2) is 11.0. The Bertz CT molecular complexity index is 691. The first-order valence-electron chi connectivity index (χ1n) is 8.24. The number of hydrogen-bond donors (Lipinski definition) is 2. The predicted molar refractivity (Wildman–Crippen MR) is 108 cm³/mol. The van der Waals surface area contributed by atoms with E-state index in [0.717, 1.165) is 0 Å². The minimum absolute atomic E-state index is 0. The molecule has 0 bridgehead atoms. The smallest absolute Gasteiger partial charge is 0.357 e. The number of alkyl halides is 3. The van der Waals surface area contributed by atoms with E-state index in [1.54, 1.807) is 6.92 Å². The number of sulfonamides is 1. The van der Waals surface area contributed by atoms with Gasteiger partial charge in [0.05, 0.1) is 12.3 Å². The fraction of sp³-hybridized carbons (Fsp3) is 0.923. The van der Waals surface area contributed by atoms with Crippen LogP contribution in [0.5, 0.6) is 0 Å². The molecule has 0 atom stereocenters. The van der Waals surface area contributed by atoms with Crippen LogP contribution >= 0.6 is 24.0 Å². The fourth-order valence-electron chi connectivity index (χ4n) is 2.34. The van der Waals surface area contributed by atoms with E-state index in [4.69, 9.17) is 0 Å². The summed E-state index contributed by atoms with van der Waals surface area (Å²) in [6, 6.07) is -0.254. The average molecular weight is 550 g/mol. The van der Waals surface area contributed by atoms with Crippen LogP contribution in [0.3, 0.4) is 0 Å². The van der Waals surface area contributed by atoms with Crippen LogP contribution in [0.25, 0.3) is 0 Å². The van der Waals surface area contributed by atoms with Crippen LogP contribution in [0.4, 0.5) is 13.2 Å². The number of sulfone groups is 1. The van der Waals surface area contributed by atoms with Crippen LogP contribution in [0.15, 0.2) is 4.99 Å². The van der Waals surface area contributed by atoms with E-state index >= 15 is 0 Å². The minimum Gasteiger partial charge on any atom is -0.357 e. The van der Waals surface area contributed by atoms with Gasteiger partial charge >= 0.3 is 15.5 Å². The number of aliphatic imine (C=N–C) groups is 1. The van der Waals surface area contributed by atoms with Gasteiger partial charge in [-0.15, -0.1) is 24.0 Å². The van der Waals surface area contributed by atoms with Gasteiger partial charge < -0.3 is 10.6 Å². The van der Waals surface area contributed by atoms with Crippen molar-refractivity contribution in [1.82, 2.24) is 14.9 Å². The van der Waals surface area contributed by atoms with Crippen LogP contribution < -0.4 is 10.6 Å². The topological polar surface area (TPSA) is 108 Å². The summed E-state index contributed by atoms with van der Waals surface area (Å²) in [6.45, 7) is 3.45. The molecule has 27 heavy (non-hydrogen) atoms. The Labute approximate surface area is 175 Å². The molecule has 1 saturated heterocycles. The van der Waals surface area contributed by atoms with Crippen molar-refractivity contribution < 1.29 is 30.0 Å². The number of hydrogen-bond acceptors (Lipinski definition) is 5. The summed E-state index contributed by atoms with van der Waals surface area (Å²) in [5, 5.41) is 5.95. The first-order chi connectivity index (χ1) is 11.9.